The van der Waals surface area contributed by atoms with Crippen LogP contribution in [-0.2, 0) is 6.42 Å². The molecule has 2 aromatic carbocycles. The van der Waals surface area contributed by atoms with Crippen LogP contribution in [0, 0.1) is 0 Å². The normalized spacial score (nSPS) is 16.3. The predicted octanol–water partition coefficient (Wildman–Crippen LogP) is 5.14. The summed E-state index contributed by atoms with van der Waals surface area (Å²) in [4.78, 5) is 9.78. The van der Waals surface area contributed by atoms with Crippen molar-refractivity contribution in [2.75, 3.05) is 51.2 Å². The Morgan fingerprint density at radius 3 is 2.62 bits per heavy atom. The first-order chi connectivity index (χ1) is 15.7. The van der Waals surface area contributed by atoms with Crippen LogP contribution in [0.3, 0.4) is 0 Å². The monoisotopic (exact) mass is 452 g/mol. The molecule has 0 spiro atoms. The molecule has 1 aliphatic rings. The fourth-order valence-electron chi connectivity index (χ4n) is 4.20. The average molecular weight is 453 g/mol. The van der Waals surface area contributed by atoms with Gasteiger partial charge in [-0.25, -0.2) is 4.98 Å². The number of nitrogens with zero attached hydrogens (tertiary/aromatic N) is 3. The summed E-state index contributed by atoms with van der Waals surface area (Å²) in [5.74, 6) is 0. The van der Waals surface area contributed by atoms with Gasteiger partial charge in [-0.05, 0) is 43.5 Å². The highest BCUT2D eigenvalue weighted by molar-refractivity contribution is 7.20. The maximum atomic E-state index is 5.78. The van der Waals surface area contributed by atoms with Crippen molar-refractivity contribution >= 4 is 27.2 Å². The van der Waals surface area contributed by atoms with Crippen molar-refractivity contribution in [3.8, 4) is 5.19 Å². The molecular weight excluding hydrogens is 416 g/mol. The first-order valence-electron chi connectivity index (χ1n) is 12.0. The van der Waals surface area contributed by atoms with Gasteiger partial charge >= 0.3 is 0 Å². The van der Waals surface area contributed by atoms with Crippen molar-refractivity contribution in [3.05, 3.63) is 54.1 Å². The van der Waals surface area contributed by atoms with E-state index in [1.165, 1.54) is 10.3 Å². The number of thiazole rings is 1. The van der Waals surface area contributed by atoms with Crippen LogP contribution in [0.5, 0.6) is 5.19 Å². The molecule has 1 N–H and O–H groups in total. The molecular formula is C26H36N4OS. The zero-order chi connectivity index (χ0) is 22.2. The number of ether oxygens (including phenoxy) is 1. The van der Waals surface area contributed by atoms with E-state index in [0.29, 0.717) is 6.04 Å². The van der Waals surface area contributed by atoms with Crippen LogP contribution in [0.4, 0.5) is 5.69 Å². The van der Waals surface area contributed by atoms with Crippen LogP contribution < -0.4 is 10.1 Å². The summed E-state index contributed by atoms with van der Waals surface area (Å²) in [6.45, 7) is 12.0. The third-order valence-corrected chi connectivity index (χ3v) is 6.99. The molecule has 1 aromatic heterocycles. The molecule has 1 saturated heterocycles. The second-order valence-electron chi connectivity index (χ2n) is 8.79. The van der Waals surface area contributed by atoms with Crippen molar-refractivity contribution in [1.29, 1.82) is 0 Å². The number of rotatable bonds is 11. The van der Waals surface area contributed by atoms with Gasteiger partial charge in [0.25, 0.3) is 5.19 Å². The molecule has 5 nitrogen and oxygen atoms in total. The SMILES string of the molecule is CCCCOc1nc2ccc(NC(C)CN3CCN(CCc4ccccc4)CC3)cc2s1. The zero-order valence-electron chi connectivity index (χ0n) is 19.4. The first-order valence-corrected chi connectivity index (χ1v) is 12.8. The third kappa shape index (κ3) is 6.67. The molecule has 172 valence electrons. The molecule has 1 aliphatic heterocycles. The van der Waals surface area contributed by atoms with Crippen molar-refractivity contribution < 1.29 is 4.74 Å². The molecule has 3 aromatic rings. The minimum Gasteiger partial charge on any atom is -0.470 e. The minimum absolute atomic E-state index is 0.400. The van der Waals surface area contributed by atoms with E-state index in [2.05, 4.69) is 82.5 Å². The lowest BCUT2D eigenvalue weighted by Gasteiger charge is -2.36. The molecule has 0 aliphatic carbocycles. The summed E-state index contributed by atoms with van der Waals surface area (Å²) >= 11 is 1.64. The second kappa shape index (κ2) is 11.6. The number of nitrogens with one attached hydrogen (secondary N) is 1. The molecule has 6 heteroatoms. The lowest BCUT2D eigenvalue weighted by Crippen LogP contribution is -2.49. The van der Waals surface area contributed by atoms with Gasteiger partial charge in [0.1, 0.15) is 0 Å². The number of benzene rings is 2. The lowest BCUT2D eigenvalue weighted by atomic mass is 10.1. The largest absolute Gasteiger partial charge is 0.470 e. The Morgan fingerprint density at radius 1 is 1.06 bits per heavy atom. The maximum absolute atomic E-state index is 5.78. The molecule has 1 unspecified atom stereocenters. The molecule has 2 heterocycles. The Labute approximate surface area is 196 Å². The number of anilines is 1. The highest BCUT2D eigenvalue weighted by atomic mass is 32.1. The minimum atomic E-state index is 0.400. The van der Waals surface area contributed by atoms with E-state index in [1.807, 2.05) is 0 Å². The van der Waals surface area contributed by atoms with Crippen LogP contribution in [0.1, 0.15) is 32.3 Å². The van der Waals surface area contributed by atoms with Gasteiger partial charge in [0.2, 0.25) is 0 Å². The molecule has 4 rings (SSSR count). The lowest BCUT2D eigenvalue weighted by molar-refractivity contribution is 0.131. The summed E-state index contributed by atoms with van der Waals surface area (Å²) in [7, 11) is 0. The number of piperazine rings is 1. The van der Waals surface area contributed by atoms with E-state index in [4.69, 9.17) is 4.74 Å². The summed E-state index contributed by atoms with van der Waals surface area (Å²) < 4.78 is 6.96. The molecule has 0 radical (unpaired) electrons. The Morgan fingerprint density at radius 2 is 1.84 bits per heavy atom. The van der Waals surface area contributed by atoms with Crippen molar-refractivity contribution in [3.63, 3.8) is 0 Å². The fraction of sp³-hybridized carbons (Fsp3) is 0.500. The highest BCUT2D eigenvalue weighted by Gasteiger charge is 2.18. The second-order valence-corrected chi connectivity index (χ2v) is 9.78. The van der Waals surface area contributed by atoms with Crippen LogP contribution in [0.15, 0.2) is 48.5 Å². The van der Waals surface area contributed by atoms with Gasteiger partial charge in [-0.2, -0.15) is 0 Å². The van der Waals surface area contributed by atoms with E-state index < -0.39 is 0 Å². The predicted molar refractivity (Wildman–Crippen MR) is 136 cm³/mol. The zero-order valence-corrected chi connectivity index (χ0v) is 20.2. The summed E-state index contributed by atoms with van der Waals surface area (Å²) in [6, 6.07) is 17.7. The van der Waals surface area contributed by atoms with Gasteiger partial charge in [-0.15, -0.1) is 0 Å². The van der Waals surface area contributed by atoms with Crippen molar-refractivity contribution in [1.82, 2.24) is 14.8 Å². The number of fused-ring (bicyclic) bond motifs is 1. The Bertz CT molecular complexity index is 953. The number of unbranched alkanes of at least 4 members (excludes halogenated alkanes) is 1. The number of hydrogen-bond acceptors (Lipinski definition) is 6. The molecule has 1 fully saturated rings. The first kappa shape index (κ1) is 23.0. The van der Waals surface area contributed by atoms with E-state index in [9.17, 15) is 0 Å². The molecule has 0 amide bonds. The smallest absolute Gasteiger partial charge is 0.274 e. The van der Waals surface area contributed by atoms with E-state index in [1.54, 1.807) is 11.3 Å². The van der Waals surface area contributed by atoms with Gasteiger partial charge < -0.3 is 15.0 Å². The standard InChI is InChI=1S/C26H36N4OS/c1-3-4-18-31-26-28-24-11-10-23(19-25(24)32-26)27-21(2)20-30-16-14-29(15-17-30)13-12-22-8-6-5-7-9-22/h5-11,19,21,27H,3-4,12-18,20H2,1-2H3. The Balaban J connectivity index is 1.20. The van der Waals surface area contributed by atoms with Gasteiger partial charge in [-0.3, -0.25) is 4.90 Å². The van der Waals surface area contributed by atoms with Gasteiger partial charge in [-0.1, -0.05) is 55.0 Å². The topological polar surface area (TPSA) is 40.6 Å². The van der Waals surface area contributed by atoms with Crippen molar-refractivity contribution in [2.45, 2.75) is 39.2 Å². The van der Waals surface area contributed by atoms with Crippen LogP contribution in [0.2, 0.25) is 0 Å². The van der Waals surface area contributed by atoms with E-state index >= 15 is 0 Å². The van der Waals surface area contributed by atoms with Gasteiger partial charge in [0.15, 0.2) is 0 Å². The van der Waals surface area contributed by atoms with E-state index in [-0.39, 0.29) is 0 Å². The average Bonchev–Trinajstić information content (AvgIpc) is 3.21. The summed E-state index contributed by atoms with van der Waals surface area (Å²) in [5, 5.41) is 4.46. The molecule has 32 heavy (non-hydrogen) atoms. The van der Waals surface area contributed by atoms with Gasteiger partial charge in [0, 0.05) is 51.0 Å². The quantitative estimate of drug-likeness (QED) is 0.408. The molecule has 1 atom stereocenters. The summed E-state index contributed by atoms with van der Waals surface area (Å²) in [6.07, 6.45) is 3.35. The van der Waals surface area contributed by atoms with Crippen molar-refractivity contribution in [2.24, 2.45) is 0 Å². The summed E-state index contributed by atoms with van der Waals surface area (Å²) in [5.41, 5.74) is 3.62. The molecule has 0 saturated carbocycles. The van der Waals surface area contributed by atoms with Gasteiger partial charge in [0.05, 0.1) is 16.8 Å². The Kier molecular flexibility index (Phi) is 8.37. The third-order valence-electron chi connectivity index (χ3n) is 6.06. The van der Waals surface area contributed by atoms with Crippen LogP contribution in [0.25, 0.3) is 10.2 Å². The van der Waals surface area contributed by atoms with Crippen LogP contribution >= 0.6 is 11.3 Å². The number of aromatic nitrogens is 1. The fourth-order valence-corrected chi connectivity index (χ4v) is 5.08. The van der Waals surface area contributed by atoms with E-state index in [0.717, 1.165) is 81.5 Å². The van der Waals surface area contributed by atoms with Crippen LogP contribution in [-0.4, -0.2) is 66.7 Å². The maximum Gasteiger partial charge on any atom is 0.274 e. The number of hydrogen-bond donors (Lipinski definition) is 1. The Hall–Kier alpha value is -2.15. The highest BCUT2D eigenvalue weighted by Crippen LogP contribution is 2.30. The molecule has 0 bridgehead atoms.